The van der Waals surface area contributed by atoms with Crippen LogP contribution >= 0.6 is 11.6 Å². The fourth-order valence-electron chi connectivity index (χ4n) is 3.28. The molecule has 5 nitrogen and oxygen atoms in total. The van der Waals surface area contributed by atoms with E-state index in [0.29, 0.717) is 10.6 Å². The van der Waals surface area contributed by atoms with Crippen LogP contribution in [0, 0.1) is 0 Å². The molecule has 1 aromatic heterocycles. The van der Waals surface area contributed by atoms with Crippen molar-refractivity contribution in [1.82, 2.24) is 15.2 Å². The SMILES string of the molecule is CC1(c2ccc(Cl)cc2)NC(=O)N(Cc2cccc3cccnc23)C1=O. The molecule has 0 bridgehead atoms. The van der Waals surface area contributed by atoms with Gasteiger partial charge in [0, 0.05) is 16.6 Å². The zero-order valence-electron chi connectivity index (χ0n) is 14.1. The molecule has 3 amide bonds. The Morgan fingerprint density at radius 3 is 2.58 bits per heavy atom. The number of pyridine rings is 1. The number of fused-ring (bicyclic) bond motifs is 1. The highest BCUT2D eigenvalue weighted by molar-refractivity contribution is 6.30. The van der Waals surface area contributed by atoms with Crippen molar-refractivity contribution in [3.8, 4) is 0 Å². The van der Waals surface area contributed by atoms with Crippen LogP contribution in [0.15, 0.2) is 60.8 Å². The van der Waals surface area contributed by atoms with E-state index in [-0.39, 0.29) is 12.5 Å². The van der Waals surface area contributed by atoms with Gasteiger partial charge >= 0.3 is 6.03 Å². The number of benzene rings is 2. The Kier molecular flexibility index (Phi) is 3.89. The van der Waals surface area contributed by atoms with Crippen LogP contribution in [0.25, 0.3) is 10.9 Å². The topological polar surface area (TPSA) is 62.3 Å². The molecule has 26 heavy (non-hydrogen) atoms. The maximum Gasteiger partial charge on any atom is 0.325 e. The van der Waals surface area contributed by atoms with Crippen molar-refractivity contribution in [1.29, 1.82) is 0 Å². The molecule has 1 N–H and O–H groups in total. The monoisotopic (exact) mass is 365 g/mol. The van der Waals surface area contributed by atoms with Gasteiger partial charge in [0.15, 0.2) is 0 Å². The lowest BCUT2D eigenvalue weighted by molar-refractivity contribution is -0.131. The molecule has 2 heterocycles. The molecule has 1 fully saturated rings. The number of nitrogens with zero attached hydrogens (tertiary/aromatic N) is 2. The molecule has 1 aliphatic heterocycles. The molecule has 6 heteroatoms. The third kappa shape index (κ3) is 2.61. The van der Waals surface area contributed by atoms with Gasteiger partial charge in [-0.25, -0.2) is 4.79 Å². The van der Waals surface area contributed by atoms with Crippen LogP contribution in [0.3, 0.4) is 0 Å². The van der Waals surface area contributed by atoms with Crippen molar-refractivity contribution in [2.45, 2.75) is 19.0 Å². The second-order valence-corrected chi connectivity index (χ2v) is 6.88. The van der Waals surface area contributed by atoms with Crippen molar-refractivity contribution < 1.29 is 9.59 Å². The van der Waals surface area contributed by atoms with E-state index in [1.807, 2.05) is 30.3 Å². The highest BCUT2D eigenvalue weighted by Gasteiger charge is 2.48. The average molecular weight is 366 g/mol. The largest absolute Gasteiger partial charge is 0.325 e. The Morgan fingerprint density at radius 1 is 1.08 bits per heavy atom. The Balaban J connectivity index is 1.68. The first-order chi connectivity index (χ1) is 12.5. The van der Waals surface area contributed by atoms with E-state index < -0.39 is 11.6 Å². The fraction of sp³-hybridized carbons (Fsp3) is 0.150. The van der Waals surface area contributed by atoms with Gasteiger partial charge in [-0.1, -0.05) is 48.0 Å². The minimum absolute atomic E-state index is 0.169. The summed E-state index contributed by atoms with van der Waals surface area (Å²) in [6.07, 6.45) is 1.70. The zero-order valence-corrected chi connectivity index (χ0v) is 14.8. The molecular formula is C20H16ClN3O2. The number of carbonyl (C=O) groups is 2. The number of aromatic nitrogens is 1. The van der Waals surface area contributed by atoms with Crippen LogP contribution < -0.4 is 5.32 Å². The van der Waals surface area contributed by atoms with Gasteiger partial charge in [0.1, 0.15) is 5.54 Å². The number of urea groups is 1. The van der Waals surface area contributed by atoms with Gasteiger partial charge in [0.2, 0.25) is 0 Å². The lowest BCUT2D eigenvalue weighted by atomic mass is 9.92. The molecule has 4 rings (SSSR count). The maximum atomic E-state index is 13.1. The molecule has 1 unspecified atom stereocenters. The fourth-order valence-corrected chi connectivity index (χ4v) is 3.41. The van der Waals surface area contributed by atoms with Crippen LogP contribution in [-0.4, -0.2) is 21.8 Å². The van der Waals surface area contributed by atoms with Crippen LogP contribution in [0.1, 0.15) is 18.1 Å². The van der Waals surface area contributed by atoms with Crippen LogP contribution in [0.2, 0.25) is 5.02 Å². The summed E-state index contributed by atoms with van der Waals surface area (Å²) in [4.78, 5) is 31.2. The van der Waals surface area contributed by atoms with Crippen LogP contribution in [0.4, 0.5) is 4.79 Å². The van der Waals surface area contributed by atoms with Gasteiger partial charge in [-0.05, 0) is 36.2 Å². The number of rotatable bonds is 3. The molecule has 1 saturated heterocycles. The predicted molar refractivity (Wildman–Crippen MR) is 99.6 cm³/mol. The van der Waals surface area contributed by atoms with Gasteiger partial charge in [-0.2, -0.15) is 0 Å². The van der Waals surface area contributed by atoms with Crippen LogP contribution in [0.5, 0.6) is 0 Å². The Morgan fingerprint density at radius 2 is 1.81 bits per heavy atom. The second kappa shape index (κ2) is 6.11. The quantitative estimate of drug-likeness (QED) is 0.717. The first-order valence-electron chi connectivity index (χ1n) is 8.22. The molecule has 0 spiro atoms. The van der Waals surface area contributed by atoms with Crippen molar-refractivity contribution in [2.75, 3.05) is 0 Å². The number of para-hydroxylation sites is 1. The summed E-state index contributed by atoms with van der Waals surface area (Å²) in [7, 11) is 0. The highest BCUT2D eigenvalue weighted by Crippen LogP contribution is 2.31. The van der Waals surface area contributed by atoms with E-state index in [0.717, 1.165) is 16.5 Å². The van der Waals surface area contributed by atoms with Crippen molar-refractivity contribution in [3.05, 3.63) is 76.9 Å². The molecular weight excluding hydrogens is 350 g/mol. The van der Waals surface area contributed by atoms with E-state index in [9.17, 15) is 9.59 Å². The van der Waals surface area contributed by atoms with Gasteiger partial charge < -0.3 is 5.32 Å². The summed E-state index contributed by atoms with van der Waals surface area (Å²) < 4.78 is 0. The first kappa shape index (κ1) is 16.5. The lowest BCUT2D eigenvalue weighted by Gasteiger charge is -2.22. The summed E-state index contributed by atoms with van der Waals surface area (Å²) in [6.45, 7) is 1.88. The molecule has 0 radical (unpaired) electrons. The first-order valence-corrected chi connectivity index (χ1v) is 8.59. The number of imide groups is 1. The number of hydrogen-bond donors (Lipinski definition) is 1. The summed E-state index contributed by atoms with van der Waals surface area (Å²) in [5, 5.41) is 4.35. The maximum absolute atomic E-state index is 13.1. The van der Waals surface area contributed by atoms with Gasteiger partial charge in [-0.15, -0.1) is 0 Å². The van der Waals surface area contributed by atoms with Crippen molar-refractivity contribution in [3.63, 3.8) is 0 Å². The average Bonchev–Trinajstić information content (AvgIpc) is 2.86. The van der Waals surface area contributed by atoms with E-state index in [1.54, 1.807) is 37.4 Å². The normalized spacial score (nSPS) is 19.8. The minimum atomic E-state index is -1.11. The molecule has 3 aromatic rings. The molecule has 2 aromatic carbocycles. The van der Waals surface area contributed by atoms with E-state index in [4.69, 9.17) is 11.6 Å². The van der Waals surface area contributed by atoms with Gasteiger partial charge in [-0.3, -0.25) is 14.7 Å². The van der Waals surface area contributed by atoms with Crippen molar-refractivity contribution >= 4 is 34.4 Å². The summed E-state index contributed by atoms with van der Waals surface area (Å²) in [5.41, 5.74) is 1.20. The number of hydrogen-bond acceptors (Lipinski definition) is 3. The van der Waals surface area contributed by atoms with Crippen LogP contribution in [-0.2, 0) is 16.9 Å². The molecule has 1 aliphatic rings. The van der Waals surface area contributed by atoms with Gasteiger partial charge in [0.05, 0.1) is 12.1 Å². The predicted octanol–water partition coefficient (Wildman–Crippen LogP) is 3.86. The smallest absolute Gasteiger partial charge is 0.319 e. The molecule has 130 valence electrons. The highest BCUT2D eigenvalue weighted by atomic mass is 35.5. The Hall–Kier alpha value is -2.92. The second-order valence-electron chi connectivity index (χ2n) is 6.45. The molecule has 1 atom stereocenters. The summed E-state index contributed by atoms with van der Waals surface area (Å²) in [6, 6.07) is 16.1. The number of carbonyl (C=O) groups excluding carboxylic acids is 2. The number of amides is 3. The molecule has 0 aliphatic carbocycles. The number of halogens is 1. The van der Waals surface area contributed by atoms with Gasteiger partial charge in [0.25, 0.3) is 5.91 Å². The van der Waals surface area contributed by atoms with E-state index >= 15 is 0 Å². The van der Waals surface area contributed by atoms with E-state index in [1.165, 1.54) is 4.90 Å². The minimum Gasteiger partial charge on any atom is -0.319 e. The van der Waals surface area contributed by atoms with E-state index in [2.05, 4.69) is 10.3 Å². The Bertz CT molecular complexity index is 1010. The third-order valence-electron chi connectivity index (χ3n) is 4.74. The summed E-state index contributed by atoms with van der Waals surface area (Å²) in [5.74, 6) is -0.294. The standard InChI is InChI=1S/C20H16ClN3O2/c1-20(15-7-9-16(21)10-8-15)18(25)24(19(26)23-20)12-14-5-2-4-13-6-3-11-22-17(13)14/h2-11H,12H2,1H3,(H,23,26). The Labute approximate surface area is 155 Å². The van der Waals surface area contributed by atoms with Crippen molar-refractivity contribution in [2.24, 2.45) is 0 Å². The third-order valence-corrected chi connectivity index (χ3v) is 4.99. The zero-order chi connectivity index (χ0) is 18.3. The lowest BCUT2D eigenvalue weighted by Crippen LogP contribution is -2.40. The number of nitrogens with one attached hydrogen (secondary N) is 1. The summed E-state index contributed by atoms with van der Waals surface area (Å²) >= 11 is 5.93. The molecule has 0 saturated carbocycles.